The van der Waals surface area contributed by atoms with Crippen molar-refractivity contribution in [3.05, 3.63) is 29.5 Å². The molecular weight excluding hydrogens is 260 g/mol. The van der Waals surface area contributed by atoms with Gasteiger partial charge < -0.3 is 25.3 Å². The van der Waals surface area contributed by atoms with Crippen LogP contribution < -0.4 is 15.2 Å². The molecule has 0 spiro atoms. The maximum Gasteiger partial charge on any atom is 0.339 e. The number of H-pyrrole nitrogens is 1. The fraction of sp³-hybridized carbons (Fsp3) is 0.214. The summed E-state index contributed by atoms with van der Waals surface area (Å²) in [5, 5.41) is 9.14. The molecular formula is C14H16N2O4. The van der Waals surface area contributed by atoms with Crippen molar-refractivity contribution in [3.63, 3.8) is 0 Å². The number of carboxylic acids is 1. The number of carbonyl (C=O) groups is 1. The first kappa shape index (κ1) is 13.8. The molecule has 0 bridgehead atoms. The highest BCUT2D eigenvalue weighted by Gasteiger charge is 2.20. The number of carboxylic acid groups (broad SMARTS) is 1. The van der Waals surface area contributed by atoms with Gasteiger partial charge in [-0.15, -0.1) is 0 Å². The van der Waals surface area contributed by atoms with Crippen LogP contribution in [0.5, 0.6) is 11.5 Å². The predicted octanol–water partition coefficient (Wildman–Crippen LogP) is 2.29. The third-order valence-corrected chi connectivity index (χ3v) is 3.11. The minimum Gasteiger partial charge on any atom is -0.493 e. The lowest BCUT2D eigenvalue weighted by Gasteiger charge is -2.09. The molecule has 1 aromatic carbocycles. The standard InChI is InChI=1S/C14H16N2O4/c1-7-11(14(17)18)12(15)13(16-7)8-4-5-9(19-2)10(6-8)20-3/h4-6,16H,15H2,1-3H3,(H,17,18). The van der Waals surface area contributed by atoms with Crippen molar-refractivity contribution in [2.75, 3.05) is 20.0 Å². The van der Waals surface area contributed by atoms with E-state index in [1.54, 1.807) is 32.2 Å². The van der Waals surface area contributed by atoms with Crippen molar-refractivity contribution in [1.29, 1.82) is 0 Å². The van der Waals surface area contributed by atoms with E-state index in [1.165, 1.54) is 7.11 Å². The van der Waals surface area contributed by atoms with Crippen LogP contribution >= 0.6 is 0 Å². The van der Waals surface area contributed by atoms with E-state index in [9.17, 15) is 4.79 Å². The summed E-state index contributed by atoms with van der Waals surface area (Å²) in [5.74, 6) is 0.0908. The maximum atomic E-state index is 11.2. The number of ether oxygens (including phenoxy) is 2. The van der Waals surface area contributed by atoms with E-state index in [4.69, 9.17) is 20.3 Å². The number of aromatic amines is 1. The fourth-order valence-corrected chi connectivity index (χ4v) is 2.14. The monoisotopic (exact) mass is 276 g/mol. The average molecular weight is 276 g/mol. The summed E-state index contributed by atoms with van der Waals surface area (Å²) in [5.41, 5.74) is 8.02. The molecule has 0 atom stereocenters. The molecule has 20 heavy (non-hydrogen) atoms. The van der Waals surface area contributed by atoms with E-state index in [1.807, 2.05) is 0 Å². The zero-order valence-electron chi connectivity index (χ0n) is 11.5. The van der Waals surface area contributed by atoms with Crippen molar-refractivity contribution in [2.24, 2.45) is 0 Å². The number of benzene rings is 1. The molecule has 0 aliphatic rings. The van der Waals surface area contributed by atoms with Gasteiger partial charge in [0.2, 0.25) is 0 Å². The van der Waals surface area contributed by atoms with E-state index >= 15 is 0 Å². The molecule has 0 aliphatic carbocycles. The molecule has 6 nitrogen and oxygen atoms in total. The molecule has 0 saturated heterocycles. The van der Waals surface area contributed by atoms with Gasteiger partial charge in [0, 0.05) is 11.3 Å². The van der Waals surface area contributed by atoms with Crippen LogP contribution in [0.1, 0.15) is 16.1 Å². The number of aryl methyl sites for hydroxylation is 1. The van der Waals surface area contributed by atoms with E-state index < -0.39 is 5.97 Å². The van der Waals surface area contributed by atoms with Crippen molar-refractivity contribution in [1.82, 2.24) is 4.98 Å². The van der Waals surface area contributed by atoms with Crippen LogP contribution in [0, 0.1) is 6.92 Å². The minimum absolute atomic E-state index is 0.0924. The maximum absolute atomic E-state index is 11.2. The number of aromatic nitrogens is 1. The lowest BCUT2D eigenvalue weighted by atomic mass is 10.1. The minimum atomic E-state index is -1.05. The van der Waals surface area contributed by atoms with Gasteiger partial charge in [-0.25, -0.2) is 4.79 Å². The topological polar surface area (TPSA) is 97.6 Å². The van der Waals surface area contributed by atoms with Crippen LogP contribution in [-0.2, 0) is 0 Å². The Morgan fingerprint density at radius 2 is 1.90 bits per heavy atom. The Balaban J connectivity index is 2.58. The normalized spacial score (nSPS) is 10.3. The second kappa shape index (κ2) is 5.16. The second-order valence-electron chi connectivity index (χ2n) is 4.29. The summed E-state index contributed by atoms with van der Waals surface area (Å²) in [6.45, 7) is 1.67. The number of aromatic carboxylic acids is 1. The summed E-state index contributed by atoms with van der Waals surface area (Å²) in [6, 6.07) is 5.27. The van der Waals surface area contributed by atoms with Crippen LogP contribution in [0.3, 0.4) is 0 Å². The summed E-state index contributed by atoms with van der Waals surface area (Å²) in [7, 11) is 3.08. The van der Waals surface area contributed by atoms with E-state index in [-0.39, 0.29) is 11.3 Å². The van der Waals surface area contributed by atoms with E-state index in [0.717, 1.165) is 5.56 Å². The van der Waals surface area contributed by atoms with E-state index in [2.05, 4.69) is 4.98 Å². The van der Waals surface area contributed by atoms with Crippen LogP contribution in [0.15, 0.2) is 18.2 Å². The predicted molar refractivity (Wildman–Crippen MR) is 75.4 cm³/mol. The van der Waals surface area contributed by atoms with Crippen molar-refractivity contribution in [3.8, 4) is 22.8 Å². The molecule has 0 unspecified atom stereocenters. The van der Waals surface area contributed by atoms with Crippen molar-refractivity contribution < 1.29 is 19.4 Å². The molecule has 4 N–H and O–H groups in total. The van der Waals surface area contributed by atoms with Crippen molar-refractivity contribution >= 4 is 11.7 Å². The van der Waals surface area contributed by atoms with Gasteiger partial charge in [0.05, 0.1) is 25.6 Å². The van der Waals surface area contributed by atoms with Crippen LogP contribution in [0.2, 0.25) is 0 Å². The molecule has 2 aromatic rings. The van der Waals surface area contributed by atoms with Gasteiger partial charge in [0.25, 0.3) is 0 Å². The Bertz CT molecular complexity index is 661. The van der Waals surface area contributed by atoms with Gasteiger partial charge in [-0.3, -0.25) is 0 Å². The molecule has 0 aliphatic heterocycles. The highest BCUT2D eigenvalue weighted by molar-refractivity contribution is 5.99. The van der Waals surface area contributed by atoms with Gasteiger partial charge in [-0.2, -0.15) is 0 Å². The number of hydrogen-bond acceptors (Lipinski definition) is 4. The Morgan fingerprint density at radius 1 is 1.25 bits per heavy atom. The fourth-order valence-electron chi connectivity index (χ4n) is 2.14. The molecule has 0 amide bonds. The number of nitrogens with one attached hydrogen (secondary N) is 1. The largest absolute Gasteiger partial charge is 0.493 e. The Labute approximate surface area is 116 Å². The number of nitrogens with two attached hydrogens (primary N) is 1. The third-order valence-electron chi connectivity index (χ3n) is 3.11. The summed E-state index contributed by atoms with van der Waals surface area (Å²) < 4.78 is 10.4. The molecule has 0 radical (unpaired) electrons. The zero-order chi connectivity index (χ0) is 14.9. The number of anilines is 1. The first-order valence-electron chi connectivity index (χ1n) is 5.93. The number of methoxy groups -OCH3 is 2. The number of nitrogen functional groups attached to an aromatic ring is 1. The lowest BCUT2D eigenvalue weighted by Crippen LogP contribution is -2.01. The van der Waals surface area contributed by atoms with Gasteiger partial charge >= 0.3 is 5.97 Å². The molecule has 6 heteroatoms. The number of hydrogen-bond donors (Lipinski definition) is 3. The molecule has 1 heterocycles. The first-order chi connectivity index (χ1) is 9.49. The van der Waals surface area contributed by atoms with E-state index in [0.29, 0.717) is 22.9 Å². The summed E-state index contributed by atoms with van der Waals surface area (Å²) >= 11 is 0. The summed E-state index contributed by atoms with van der Waals surface area (Å²) in [6.07, 6.45) is 0. The van der Waals surface area contributed by atoms with Gasteiger partial charge in [0.15, 0.2) is 11.5 Å². The Morgan fingerprint density at radius 3 is 2.40 bits per heavy atom. The Kier molecular flexibility index (Phi) is 3.56. The molecule has 0 saturated carbocycles. The SMILES string of the molecule is COc1ccc(-c2[nH]c(C)c(C(=O)O)c2N)cc1OC. The smallest absolute Gasteiger partial charge is 0.339 e. The highest BCUT2D eigenvalue weighted by Crippen LogP contribution is 2.36. The zero-order valence-corrected chi connectivity index (χ0v) is 11.5. The quantitative estimate of drug-likeness (QED) is 0.796. The van der Waals surface area contributed by atoms with Crippen LogP contribution in [0.25, 0.3) is 11.3 Å². The van der Waals surface area contributed by atoms with Gasteiger partial charge in [-0.05, 0) is 25.1 Å². The van der Waals surface area contributed by atoms with Gasteiger partial charge in [-0.1, -0.05) is 0 Å². The second-order valence-corrected chi connectivity index (χ2v) is 4.29. The third kappa shape index (κ3) is 2.16. The highest BCUT2D eigenvalue weighted by atomic mass is 16.5. The lowest BCUT2D eigenvalue weighted by molar-refractivity contribution is 0.0697. The average Bonchev–Trinajstić information content (AvgIpc) is 2.73. The molecule has 1 aromatic heterocycles. The van der Waals surface area contributed by atoms with Crippen LogP contribution in [0.4, 0.5) is 5.69 Å². The summed E-state index contributed by atoms with van der Waals surface area (Å²) in [4.78, 5) is 14.2. The first-order valence-corrected chi connectivity index (χ1v) is 5.93. The number of rotatable bonds is 4. The van der Waals surface area contributed by atoms with Crippen molar-refractivity contribution in [2.45, 2.75) is 6.92 Å². The Hall–Kier alpha value is -2.63. The van der Waals surface area contributed by atoms with Gasteiger partial charge in [0.1, 0.15) is 5.56 Å². The molecule has 0 fully saturated rings. The van der Waals surface area contributed by atoms with Crippen LogP contribution in [-0.4, -0.2) is 30.3 Å². The molecule has 2 rings (SSSR count). The molecule has 106 valence electrons.